The zero-order valence-electron chi connectivity index (χ0n) is 11.5. The molecule has 0 bridgehead atoms. The Kier molecular flexibility index (Phi) is 4.44. The lowest BCUT2D eigenvalue weighted by atomic mass is 10.0. The van der Waals surface area contributed by atoms with Crippen molar-refractivity contribution in [2.75, 3.05) is 13.1 Å². The molecule has 0 spiro atoms. The highest BCUT2D eigenvalue weighted by Gasteiger charge is 2.41. The maximum Gasteiger partial charge on any atom is 0.326 e. The number of rotatable bonds is 4. The van der Waals surface area contributed by atoms with Crippen molar-refractivity contribution >= 4 is 23.8 Å². The molecular weight excluding hydrogens is 280 g/mol. The van der Waals surface area contributed by atoms with E-state index in [4.69, 9.17) is 10.2 Å². The van der Waals surface area contributed by atoms with E-state index in [9.17, 15) is 19.2 Å². The normalized spacial score (nSPS) is 21.7. The van der Waals surface area contributed by atoms with Gasteiger partial charge in [-0.25, -0.2) is 4.79 Å². The van der Waals surface area contributed by atoms with Crippen molar-refractivity contribution in [2.45, 2.75) is 44.2 Å². The minimum absolute atomic E-state index is 0.215. The van der Waals surface area contributed by atoms with Gasteiger partial charge >= 0.3 is 23.8 Å². The Bertz CT molecular complexity index is 473. The highest BCUT2D eigenvalue weighted by molar-refractivity contribution is 6.35. The second-order valence-electron chi connectivity index (χ2n) is 5.41. The molecule has 0 aromatic heterocycles. The fourth-order valence-electron chi connectivity index (χ4n) is 2.58. The number of nitrogens with zero attached hydrogens (tertiary/aromatic N) is 2. The molecule has 0 aromatic carbocycles. The van der Waals surface area contributed by atoms with Crippen LogP contribution in [0.25, 0.3) is 0 Å². The summed E-state index contributed by atoms with van der Waals surface area (Å²) in [7, 11) is 0. The SMILES string of the molecule is O=C(O)CN(C(=O)C(=O)N1CCCC[C@@H]1C(=O)O)C1CC1. The van der Waals surface area contributed by atoms with Gasteiger partial charge in [0.25, 0.3) is 0 Å². The number of aliphatic carboxylic acids is 2. The third kappa shape index (κ3) is 3.50. The van der Waals surface area contributed by atoms with Crippen LogP contribution in [0.5, 0.6) is 0 Å². The Morgan fingerprint density at radius 2 is 1.71 bits per heavy atom. The van der Waals surface area contributed by atoms with Gasteiger partial charge in [0.05, 0.1) is 0 Å². The van der Waals surface area contributed by atoms with E-state index in [1.54, 1.807) is 0 Å². The standard InChI is InChI=1S/C13H18N2O6/c16-10(17)7-15(8-4-5-8)12(19)11(18)14-6-2-1-3-9(14)13(20)21/h8-9H,1-7H2,(H,16,17)(H,20,21)/t9-/m1/s1. The molecule has 0 unspecified atom stereocenters. The van der Waals surface area contributed by atoms with Crippen molar-refractivity contribution in [1.82, 2.24) is 9.80 Å². The smallest absolute Gasteiger partial charge is 0.326 e. The van der Waals surface area contributed by atoms with Crippen molar-refractivity contribution in [2.24, 2.45) is 0 Å². The molecule has 1 saturated carbocycles. The fourth-order valence-corrected chi connectivity index (χ4v) is 2.58. The molecule has 2 amide bonds. The van der Waals surface area contributed by atoms with Gasteiger partial charge in [0.1, 0.15) is 12.6 Å². The molecular formula is C13H18N2O6. The van der Waals surface area contributed by atoms with Crippen LogP contribution >= 0.6 is 0 Å². The summed E-state index contributed by atoms with van der Waals surface area (Å²) in [6.45, 7) is -0.312. The van der Waals surface area contributed by atoms with Crippen LogP contribution in [0.3, 0.4) is 0 Å². The number of amides is 2. The number of hydrogen-bond acceptors (Lipinski definition) is 4. The lowest BCUT2D eigenvalue weighted by molar-refractivity contribution is -0.161. The monoisotopic (exact) mass is 298 g/mol. The van der Waals surface area contributed by atoms with Crippen molar-refractivity contribution in [3.8, 4) is 0 Å². The zero-order chi connectivity index (χ0) is 15.6. The highest BCUT2D eigenvalue weighted by Crippen LogP contribution is 2.27. The van der Waals surface area contributed by atoms with Crippen molar-refractivity contribution in [1.29, 1.82) is 0 Å². The van der Waals surface area contributed by atoms with Gasteiger partial charge < -0.3 is 20.0 Å². The van der Waals surface area contributed by atoms with Crippen LogP contribution in [0.4, 0.5) is 0 Å². The van der Waals surface area contributed by atoms with Crippen LogP contribution in [0, 0.1) is 0 Å². The van der Waals surface area contributed by atoms with E-state index in [0.717, 1.165) is 9.80 Å². The van der Waals surface area contributed by atoms with Gasteiger partial charge in [0, 0.05) is 12.6 Å². The highest BCUT2D eigenvalue weighted by atomic mass is 16.4. The predicted molar refractivity (Wildman–Crippen MR) is 69.4 cm³/mol. The van der Waals surface area contributed by atoms with Gasteiger partial charge in [-0.1, -0.05) is 0 Å². The Hall–Kier alpha value is -2.12. The number of carboxylic acid groups (broad SMARTS) is 2. The molecule has 0 aromatic rings. The molecule has 1 aliphatic carbocycles. The van der Waals surface area contributed by atoms with Gasteiger partial charge in [-0.05, 0) is 32.1 Å². The van der Waals surface area contributed by atoms with Crippen molar-refractivity contribution in [3.05, 3.63) is 0 Å². The summed E-state index contributed by atoms with van der Waals surface area (Å²) in [6.07, 6.45) is 3.00. The van der Waals surface area contributed by atoms with Crippen LogP contribution in [0.2, 0.25) is 0 Å². The third-order valence-corrected chi connectivity index (χ3v) is 3.79. The molecule has 2 fully saturated rings. The first-order valence-corrected chi connectivity index (χ1v) is 6.98. The van der Waals surface area contributed by atoms with Gasteiger partial charge in [-0.15, -0.1) is 0 Å². The summed E-state index contributed by atoms with van der Waals surface area (Å²) in [6, 6.07) is -1.22. The molecule has 8 nitrogen and oxygen atoms in total. The molecule has 8 heteroatoms. The predicted octanol–water partition coefficient (Wildman–Crippen LogP) is -0.472. The van der Waals surface area contributed by atoms with Crippen LogP contribution < -0.4 is 0 Å². The van der Waals surface area contributed by atoms with E-state index in [2.05, 4.69) is 0 Å². The molecule has 2 N–H and O–H groups in total. The van der Waals surface area contributed by atoms with Gasteiger partial charge in [-0.3, -0.25) is 14.4 Å². The number of likely N-dealkylation sites (tertiary alicyclic amines) is 1. The van der Waals surface area contributed by atoms with E-state index >= 15 is 0 Å². The van der Waals surface area contributed by atoms with Crippen LogP contribution in [0.15, 0.2) is 0 Å². The molecule has 2 aliphatic rings. The largest absolute Gasteiger partial charge is 0.480 e. The van der Waals surface area contributed by atoms with E-state index < -0.39 is 36.3 Å². The first-order valence-electron chi connectivity index (χ1n) is 6.98. The Morgan fingerprint density at radius 3 is 2.24 bits per heavy atom. The second kappa shape index (κ2) is 6.11. The first-order chi connectivity index (χ1) is 9.91. The van der Waals surface area contributed by atoms with E-state index in [1.165, 1.54) is 0 Å². The second-order valence-corrected chi connectivity index (χ2v) is 5.41. The number of hydrogen-bond donors (Lipinski definition) is 2. The van der Waals surface area contributed by atoms with E-state index in [1.807, 2.05) is 0 Å². The quantitative estimate of drug-likeness (QED) is 0.678. The summed E-state index contributed by atoms with van der Waals surface area (Å²) >= 11 is 0. The van der Waals surface area contributed by atoms with Crippen molar-refractivity contribution in [3.63, 3.8) is 0 Å². The van der Waals surface area contributed by atoms with Crippen LogP contribution in [-0.4, -0.2) is 68.9 Å². The van der Waals surface area contributed by atoms with Gasteiger partial charge in [-0.2, -0.15) is 0 Å². The molecule has 0 radical (unpaired) electrons. The Balaban J connectivity index is 2.10. The maximum absolute atomic E-state index is 12.2. The number of piperidine rings is 1. The molecule has 1 atom stereocenters. The Labute approximate surface area is 121 Å². The zero-order valence-corrected chi connectivity index (χ0v) is 11.5. The van der Waals surface area contributed by atoms with E-state index in [0.29, 0.717) is 32.1 Å². The number of carbonyl (C=O) groups excluding carboxylic acids is 2. The lowest BCUT2D eigenvalue weighted by Gasteiger charge is -2.33. The Morgan fingerprint density at radius 1 is 1.05 bits per heavy atom. The average Bonchev–Trinajstić information content (AvgIpc) is 3.27. The van der Waals surface area contributed by atoms with E-state index in [-0.39, 0.29) is 12.6 Å². The summed E-state index contributed by atoms with van der Waals surface area (Å²) < 4.78 is 0. The molecule has 116 valence electrons. The topological polar surface area (TPSA) is 115 Å². The first kappa shape index (κ1) is 15.3. The molecule has 21 heavy (non-hydrogen) atoms. The molecule has 1 aliphatic heterocycles. The summed E-state index contributed by atoms with van der Waals surface area (Å²) in [5, 5.41) is 18.0. The molecule has 2 rings (SSSR count). The third-order valence-electron chi connectivity index (χ3n) is 3.79. The number of carboxylic acids is 2. The summed E-state index contributed by atoms with van der Waals surface area (Å²) in [5.41, 5.74) is 0. The van der Waals surface area contributed by atoms with Crippen molar-refractivity contribution < 1.29 is 29.4 Å². The van der Waals surface area contributed by atoms with Crippen LogP contribution in [0.1, 0.15) is 32.1 Å². The van der Waals surface area contributed by atoms with Gasteiger partial charge in [0.2, 0.25) is 0 Å². The lowest BCUT2D eigenvalue weighted by Crippen LogP contribution is -2.54. The summed E-state index contributed by atoms with van der Waals surface area (Å²) in [5.74, 6) is -4.13. The van der Waals surface area contributed by atoms with Crippen LogP contribution in [-0.2, 0) is 19.2 Å². The maximum atomic E-state index is 12.2. The fraction of sp³-hybridized carbons (Fsp3) is 0.692. The number of carbonyl (C=O) groups is 4. The minimum atomic E-state index is -1.18. The average molecular weight is 298 g/mol. The minimum Gasteiger partial charge on any atom is -0.480 e. The molecule has 1 saturated heterocycles. The molecule has 1 heterocycles. The summed E-state index contributed by atoms with van der Waals surface area (Å²) in [4.78, 5) is 48.5. The van der Waals surface area contributed by atoms with Gasteiger partial charge in [0.15, 0.2) is 0 Å².